The van der Waals surface area contributed by atoms with Crippen LogP contribution < -0.4 is 5.73 Å². The van der Waals surface area contributed by atoms with Crippen molar-refractivity contribution in [2.75, 3.05) is 6.54 Å². The summed E-state index contributed by atoms with van der Waals surface area (Å²) >= 11 is 0. The van der Waals surface area contributed by atoms with Gasteiger partial charge in [-0.2, -0.15) is 0 Å². The third-order valence-electron chi connectivity index (χ3n) is 3.63. The summed E-state index contributed by atoms with van der Waals surface area (Å²) in [4.78, 5) is 11.5. The van der Waals surface area contributed by atoms with Gasteiger partial charge in [0, 0.05) is 24.2 Å². The molecular formula is C15H20N2O2. The minimum atomic E-state index is -0.882. The quantitative estimate of drug-likeness (QED) is 0.887. The van der Waals surface area contributed by atoms with Crippen molar-refractivity contribution in [1.29, 1.82) is 0 Å². The topological polar surface area (TPSA) is 68.2 Å². The number of carboxylic acids is 1. The molecule has 0 aliphatic heterocycles. The van der Waals surface area contributed by atoms with Gasteiger partial charge >= 0.3 is 5.97 Å². The number of nitrogens with two attached hydrogens (primary N) is 1. The lowest BCUT2D eigenvalue weighted by Crippen LogP contribution is -2.12. The average molecular weight is 260 g/mol. The van der Waals surface area contributed by atoms with E-state index in [0.29, 0.717) is 18.7 Å². The molecule has 0 atom stereocenters. The van der Waals surface area contributed by atoms with Crippen LogP contribution in [0.5, 0.6) is 0 Å². The second kappa shape index (κ2) is 5.05. The first-order valence-corrected chi connectivity index (χ1v) is 6.56. The van der Waals surface area contributed by atoms with Crippen LogP contribution in [0.15, 0.2) is 12.1 Å². The number of hydrogen-bond donors (Lipinski definition) is 2. The Bertz CT molecular complexity index is 641. The Labute approximate surface area is 112 Å². The summed E-state index contributed by atoms with van der Waals surface area (Å²) in [6, 6.07) is 3.80. The largest absolute Gasteiger partial charge is 0.478 e. The van der Waals surface area contributed by atoms with Crippen molar-refractivity contribution in [2.24, 2.45) is 5.73 Å². The smallest absolute Gasteiger partial charge is 0.337 e. The van der Waals surface area contributed by atoms with Gasteiger partial charge in [0.2, 0.25) is 0 Å². The second-order valence-electron chi connectivity index (χ2n) is 4.87. The summed E-state index contributed by atoms with van der Waals surface area (Å²) in [5, 5.41) is 10.5. The number of hydrogen-bond acceptors (Lipinski definition) is 2. The van der Waals surface area contributed by atoms with Gasteiger partial charge in [-0.1, -0.05) is 6.92 Å². The van der Waals surface area contributed by atoms with Crippen molar-refractivity contribution in [1.82, 2.24) is 4.57 Å². The molecule has 0 aliphatic rings. The molecule has 0 aliphatic carbocycles. The van der Waals surface area contributed by atoms with Crippen molar-refractivity contribution >= 4 is 16.9 Å². The Morgan fingerprint density at radius 1 is 1.37 bits per heavy atom. The Kier molecular flexibility index (Phi) is 3.62. The Hall–Kier alpha value is -1.81. The van der Waals surface area contributed by atoms with Crippen LogP contribution in [0, 0.1) is 13.8 Å². The predicted octanol–water partition coefficient (Wildman–Crippen LogP) is 2.48. The van der Waals surface area contributed by atoms with Gasteiger partial charge in [0.15, 0.2) is 0 Å². The van der Waals surface area contributed by atoms with Gasteiger partial charge < -0.3 is 15.4 Å². The van der Waals surface area contributed by atoms with E-state index in [9.17, 15) is 9.90 Å². The zero-order valence-corrected chi connectivity index (χ0v) is 11.7. The molecule has 102 valence electrons. The van der Waals surface area contributed by atoms with Crippen molar-refractivity contribution in [3.8, 4) is 0 Å². The molecule has 0 amide bonds. The molecule has 1 aromatic carbocycles. The fourth-order valence-electron chi connectivity index (χ4n) is 2.84. The molecule has 0 bridgehead atoms. The molecule has 0 saturated heterocycles. The number of benzene rings is 1. The molecule has 0 unspecified atom stereocenters. The molecule has 4 nitrogen and oxygen atoms in total. The second-order valence-corrected chi connectivity index (χ2v) is 4.87. The molecule has 4 heteroatoms. The monoisotopic (exact) mass is 260 g/mol. The molecule has 2 rings (SSSR count). The van der Waals surface area contributed by atoms with Crippen molar-refractivity contribution in [3.63, 3.8) is 0 Å². The summed E-state index contributed by atoms with van der Waals surface area (Å²) < 4.78 is 2.04. The number of aromatic nitrogens is 1. The van der Waals surface area contributed by atoms with Crippen LogP contribution in [0.1, 0.15) is 34.1 Å². The maximum atomic E-state index is 11.5. The number of carboxylic acid groups (broad SMARTS) is 1. The van der Waals surface area contributed by atoms with Gasteiger partial charge in [0.1, 0.15) is 0 Å². The molecule has 1 aromatic heterocycles. The highest BCUT2D eigenvalue weighted by molar-refractivity contribution is 6.04. The summed E-state index contributed by atoms with van der Waals surface area (Å²) in [5.41, 5.74) is 10.1. The predicted molar refractivity (Wildman–Crippen MR) is 76.8 cm³/mol. The average Bonchev–Trinajstić information content (AvgIpc) is 2.61. The highest BCUT2D eigenvalue weighted by atomic mass is 16.4. The molecule has 0 fully saturated rings. The maximum absolute atomic E-state index is 11.5. The van der Waals surface area contributed by atoms with Crippen LogP contribution in [-0.4, -0.2) is 22.2 Å². The number of aryl methyl sites for hydroxylation is 2. The fourth-order valence-corrected chi connectivity index (χ4v) is 2.84. The van der Waals surface area contributed by atoms with Crippen LogP contribution in [0.3, 0.4) is 0 Å². The Morgan fingerprint density at radius 3 is 2.58 bits per heavy atom. The molecule has 1 heterocycles. The van der Waals surface area contributed by atoms with E-state index in [4.69, 9.17) is 5.73 Å². The van der Waals surface area contributed by atoms with E-state index in [2.05, 4.69) is 13.0 Å². The third-order valence-corrected chi connectivity index (χ3v) is 3.63. The normalized spacial score (nSPS) is 11.2. The van der Waals surface area contributed by atoms with Gasteiger partial charge in [-0.3, -0.25) is 0 Å². The van der Waals surface area contributed by atoms with Gasteiger partial charge in [-0.25, -0.2) is 4.79 Å². The van der Waals surface area contributed by atoms with E-state index in [1.807, 2.05) is 18.4 Å². The number of rotatable bonds is 4. The van der Waals surface area contributed by atoms with Gasteiger partial charge in [-0.05, 0) is 43.5 Å². The van der Waals surface area contributed by atoms with Crippen LogP contribution in [0.4, 0.5) is 0 Å². The number of aromatic carboxylic acids is 1. The van der Waals surface area contributed by atoms with Crippen molar-refractivity contribution < 1.29 is 9.90 Å². The lowest BCUT2D eigenvalue weighted by Gasteiger charge is -2.09. The SMILES string of the molecule is CCc1c(C)n(CCN)c2c(C(=O)O)cc(C)cc12. The third kappa shape index (κ3) is 2.12. The zero-order chi connectivity index (χ0) is 14.2. The minimum absolute atomic E-state index is 0.367. The number of carbonyl (C=O) groups is 1. The molecular weight excluding hydrogens is 240 g/mol. The lowest BCUT2D eigenvalue weighted by atomic mass is 10.0. The van der Waals surface area contributed by atoms with Crippen LogP contribution in [0.25, 0.3) is 10.9 Å². The van der Waals surface area contributed by atoms with E-state index >= 15 is 0 Å². The van der Waals surface area contributed by atoms with E-state index in [1.165, 1.54) is 5.56 Å². The summed E-state index contributed by atoms with van der Waals surface area (Å²) in [6.45, 7) is 7.21. The van der Waals surface area contributed by atoms with Gasteiger partial charge in [0.05, 0.1) is 11.1 Å². The van der Waals surface area contributed by atoms with Gasteiger partial charge in [-0.15, -0.1) is 0 Å². The summed E-state index contributed by atoms with van der Waals surface area (Å²) in [5.74, 6) is -0.882. The van der Waals surface area contributed by atoms with Crippen molar-refractivity contribution in [3.05, 3.63) is 34.5 Å². The molecule has 0 spiro atoms. The standard InChI is InChI=1S/C15H20N2O2/c1-4-11-10(3)17(6-5-16)14-12(11)7-9(2)8-13(14)15(18)19/h7-8H,4-6,16H2,1-3H3,(H,18,19). The van der Waals surface area contributed by atoms with E-state index < -0.39 is 5.97 Å². The molecule has 3 N–H and O–H groups in total. The highest BCUT2D eigenvalue weighted by Gasteiger charge is 2.19. The first-order valence-electron chi connectivity index (χ1n) is 6.56. The first-order chi connectivity index (χ1) is 9.01. The van der Waals surface area contributed by atoms with Crippen LogP contribution in [-0.2, 0) is 13.0 Å². The van der Waals surface area contributed by atoms with Crippen LogP contribution in [0.2, 0.25) is 0 Å². The Morgan fingerprint density at radius 2 is 2.05 bits per heavy atom. The van der Waals surface area contributed by atoms with E-state index in [0.717, 1.165) is 28.6 Å². The summed E-state index contributed by atoms with van der Waals surface area (Å²) in [6.07, 6.45) is 0.891. The first kappa shape index (κ1) is 13.6. The zero-order valence-electron chi connectivity index (χ0n) is 11.7. The van der Waals surface area contributed by atoms with E-state index in [1.54, 1.807) is 6.07 Å². The number of nitrogens with zero attached hydrogens (tertiary/aromatic N) is 1. The van der Waals surface area contributed by atoms with Crippen molar-refractivity contribution in [2.45, 2.75) is 33.7 Å². The highest BCUT2D eigenvalue weighted by Crippen LogP contribution is 2.30. The van der Waals surface area contributed by atoms with Gasteiger partial charge in [0.25, 0.3) is 0 Å². The van der Waals surface area contributed by atoms with E-state index in [-0.39, 0.29) is 0 Å². The minimum Gasteiger partial charge on any atom is -0.478 e. The molecule has 0 radical (unpaired) electrons. The Balaban J connectivity index is 2.93. The maximum Gasteiger partial charge on any atom is 0.337 e. The fraction of sp³-hybridized carbons (Fsp3) is 0.400. The molecule has 0 saturated carbocycles. The van der Waals surface area contributed by atoms with Crippen LogP contribution >= 0.6 is 0 Å². The molecule has 19 heavy (non-hydrogen) atoms. The summed E-state index contributed by atoms with van der Waals surface area (Å²) in [7, 11) is 0. The lowest BCUT2D eigenvalue weighted by molar-refractivity contribution is 0.0698. The number of fused-ring (bicyclic) bond motifs is 1. The molecule has 2 aromatic rings.